The Bertz CT molecular complexity index is 1670. The molecule has 188 valence electrons. The number of hydrogen-bond donors (Lipinski definition) is 0. The van der Waals surface area contributed by atoms with Crippen LogP contribution in [0.3, 0.4) is 0 Å². The maximum absolute atomic E-state index is 14.5. The van der Waals surface area contributed by atoms with Gasteiger partial charge in [0.05, 0.1) is 0 Å². The van der Waals surface area contributed by atoms with Crippen LogP contribution in [-0.4, -0.2) is 14.1 Å². The third-order valence-corrected chi connectivity index (χ3v) is 9.52. The molecule has 0 saturated carbocycles. The van der Waals surface area contributed by atoms with Crippen LogP contribution in [0.25, 0.3) is 0 Å². The fourth-order valence-corrected chi connectivity index (χ4v) is 6.89. The molecule has 0 amide bonds. The molecule has 0 aliphatic carbocycles. The van der Waals surface area contributed by atoms with Crippen molar-refractivity contribution in [2.75, 3.05) is 19.0 Å². The van der Waals surface area contributed by atoms with Gasteiger partial charge in [0, 0.05) is 58.0 Å². The first-order valence-corrected chi connectivity index (χ1v) is 14.5. The smallest absolute Gasteiger partial charge is 0.171 e. The Morgan fingerprint density at radius 1 is 0.436 bits per heavy atom. The van der Waals surface area contributed by atoms with Gasteiger partial charge in [0.1, 0.15) is 0 Å². The number of nitrogens with zero attached hydrogens (tertiary/aromatic N) is 1. The van der Waals surface area contributed by atoms with E-state index in [0.29, 0.717) is 0 Å². The lowest BCUT2D eigenvalue weighted by Gasteiger charge is -2.20. The van der Waals surface area contributed by atoms with Crippen molar-refractivity contribution in [1.29, 1.82) is 0 Å². The van der Waals surface area contributed by atoms with Gasteiger partial charge in [0.15, 0.2) is 7.14 Å². The van der Waals surface area contributed by atoms with Gasteiger partial charge in [-0.05, 0) is 72.8 Å². The maximum atomic E-state index is 14.5. The summed E-state index contributed by atoms with van der Waals surface area (Å²) < 4.78 is 14.5. The predicted molar refractivity (Wildman–Crippen MR) is 165 cm³/mol. The monoisotopic (exact) mass is 521 g/mol. The SMILES string of the molecule is CN(C)c1ccc(C#Cc2ccc(C#Cc3ccc(P(=O)(c4ccccc4)c4ccccc4)cc3)cc2)cc1. The molecule has 0 aliphatic rings. The van der Waals surface area contributed by atoms with Crippen LogP contribution in [0.2, 0.25) is 0 Å². The molecule has 0 saturated heterocycles. The van der Waals surface area contributed by atoms with E-state index in [4.69, 9.17) is 0 Å². The van der Waals surface area contributed by atoms with E-state index < -0.39 is 7.14 Å². The minimum absolute atomic E-state index is 0.796. The quantitative estimate of drug-likeness (QED) is 0.208. The number of anilines is 1. The molecule has 5 aromatic rings. The first kappa shape index (κ1) is 25.9. The molecule has 0 spiro atoms. The first-order valence-electron chi connectivity index (χ1n) is 12.8. The lowest BCUT2D eigenvalue weighted by atomic mass is 10.1. The van der Waals surface area contributed by atoms with Crippen LogP contribution in [0.4, 0.5) is 5.69 Å². The molecular formula is C36H28NOP. The molecule has 0 aromatic heterocycles. The fourth-order valence-electron chi connectivity index (χ4n) is 4.25. The Balaban J connectivity index is 1.33. The molecule has 3 heteroatoms. The maximum Gasteiger partial charge on any atom is 0.171 e. The van der Waals surface area contributed by atoms with E-state index in [9.17, 15) is 4.57 Å². The molecule has 0 bridgehead atoms. The van der Waals surface area contributed by atoms with E-state index in [-0.39, 0.29) is 0 Å². The number of rotatable bonds is 4. The van der Waals surface area contributed by atoms with Gasteiger partial charge in [-0.15, -0.1) is 0 Å². The Morgan fingerprint density at radius 3 is 1.10 bits per heavy atom. The van der Waals surface area contributed by atoms with E-state index in [1.807, 2.05) is 135 Å². The average Bonchev–Trinajstić information content (AvgIpc) is 3.00. The van der Waals surface area contributed by atoms with Crippen molar-refractivity contribution in [1.82, 2.24) is 0 Å². The summed E-state index contributed by atoms with van der Waals surface area (Å²) in [6.45, 7) is 0. The Kier molecular flexibility index (Phi) is 7.80. The molecule has 0 atom stereocenters. The van der Waals surface area contributed by atoms with Gasteiger partial charge in [-0.1, -0.05) is 84.3 Å². The summed E-state index contributed by atoms with van der Waals surface area (Å²) in [4.78, 5) is 2.07. The number of benzene rings is 5. The second-order valence-corrected chi connectivity index (χ2v) is 12.1. The zero-order chi connectivity index (χ0) is 27.1. The molecular weight excluding hydrogens is 493 g/mol. The predicted octanol–water partition coefficient (Wildman–Crippen LogP) is 6.19. The van der Waals surface area contributed by atoms with Crippen molar-refractivity contribution in [3.05, 3.63) is 156 Å². The van der Waals surface area contributed by atoms with E-state index in [1.165, 1.54) is 0 Å². The summed E-state index contributed by atoms with van der Waals surface area (Å²) in [6, 6.07) is 43.3. The van der Waals surface area contributed by atoms with E-state index in [1.54, 1.807) is 0 Å². The van der Waals surface area contributed by atoms with Crippen LogP contribution in [-0.2, 0) is 4.57 Å². The van der Waals surface area contributed by atoms with Crippen molar-refractivity contribution in [3.63, 3.8) is 0 Å². The fraction of sp³-hybridized carbons (Fsp3) is 0.0556. The molecule has 39 heavy (non-hydrogen) atoms. The minimum Gasteiger partial charge on any atom is -0.378 e. The molecule has 0 heterocycles. The van der Waals surface area contributed by atoms with Gasteiger partial charge in [-0.2, -0.15) is 0 Å². The van der Waals surface area contributed by atoms with Crippen molar-refractivity contribution >= 4 is 28.7 Å². The van der Waals surface area contributed by atoms with Gasteiger partial charge in [-0.3, -0.25) is 0 Å². The zero-order valence-corrected chi connectivity index (χ0v) is 22.9. The Morgan fingerprint density at radius 2 is 0.744 bits per heavy atom. The normalized spacial score (nSPS) is 10.5. The van der Waals surface area contributed by atoms with Crippen LogP contribution in [0.15, 0.2) is 133 Å². The molecule has 5 aromatic carbocycles. The largest absolute Gasteiger partial charge is 0.378 e. The van der Waals surface area contributed by atoms with Gasteiger partial charge in [0.25, 0.3) is 0 Å². The lowest BCUT2D eigenvalue weighted by molar-refractivity contribution is 0.592. The average molecular weight is 522 g/mol. The van der Waals surface area contributed by atoms with Crippen LogP contribution in [0.1, 0.15) is 22.3 Å². The van der Waals surface area contributed by atoms with Crippen LogP contribution in [0.5, 0.6) is 0 Å². The van der Waals surface area contributed by atoms with Crippen molar-refractivity contribution < 1.29 is 4.57 Å². The van der Waals surface area contributed by atoms with Gasteiger partial charge in [0.2, 0.25) is 0 Å². The highest BCUT2D eigenvalue weighted by atomic mass is 31.2. The van der Waals surface area contributed by atoms with Crippen LogP contribution >= 0.6 is 7.14 Å². The van der Waals surface area contributed by atoms with E-state index in [2.05, 4.69) is 40.7 Å². The number of hydrogen-bond acceptors (Lipinski definition) is 2. The summed E-state index contributed by atoms with van der Waals surface area (Å²) >= 11 is 0. The van der Waals surface area contributed by atoms with E-state index in [0.717, 1.165) is 43.9 Å². The Hall–Kier alpha value is -4.75. The highest BCUT2D eigenvalue weighted by Crippen LogP contribution is 2.42. The van der Waals surface area contributed by atoms with Gasteiger partial charge >= 0.3 is 0 Å². The van der Waals surface area contributed by atoms with Crippen molar-refractivity contribution in [2.24, 2.45) is 0 Å². The molecule has 0 aliphatic heterocycles. The third-order valence-electron chi connectivity index (χ3n) is 6.44. The summed E-state index contributed by atoms with van der Waals surface area (Å²) in [5.41, 5.74) is 4.87. The first-order chi connectivity index (χ1) is 19.0. The standard InChI is InChI=1S/C36H28NOP/c1-37(2)33-25-21-31(22-26-33)19-17-29-13-15-30(16-14-29)18-20-32-23-27-36(28-24-32)39(38,34-9-5-3-6-10-34)35-11-7-4-8-12-35/h3-16,21-28H,1-2H3. The van der Waals surface area contributed by atoms with E-state index >= 15 is 0 Å². The molecule has 5 rings (SSSR count). The summed E-state index contributed by atoms with van der Waals surface area (Å²) in [5.74, 6) is 12.9. The minimum atomic E-state index is -2.98. The molecule has 0 unspecified atom stereocenters. The van der Waals surface area contributed by atoms with Gasteiger partial charge in [-0.25, -0.2) is 0 Å². The highest BCUT2D eigenvalue weighted by molar-refractivity contribution is 7.85. The van der Waals surface area contributed by atoms with Gasteiger partial charge < -0.3 is 9.46 Å². The summed E-state index contributed by atoms with van der Waals surface area (Å²) in [5, 5.41) is 2.44. The summed E-state index contributed by atoms with van der Waals surface area (Å²) in [7, 11) is 1.07. The highest BCUT2D eigenvalue weighted by Gasteiger charge is 2.29. The van der Waals surface area contributed by atoms with Crippen molar-refractivity contribution in [3.8, 4) is 23.7 Å². The lowest BCUT2D eigenvalue weighted by Crippen LogP contribution is -2.24. The summed E-state index contributed by atoms with van der Waals surface area (Å²) in [6.07, 6.45) is 0. The van der Waals surface area contributed by atoms with Crippen molar-refractivity contribution in [2.45, 2.75) is 0 Å². The Labute approximate surface area is 231 Å². The topological polar surface area (TPSA) is 20.3 Å². The van der Waals surface area contributed by atoms with Crippen LogP contribution < -0.4 is 20.8 Å². The molecule has 0 radical (unpaired) electrons. The molecule has 2 nitrogen and oxygen atoms in total. The second kappa shape index (κ2) is 11.8. The second-order valence-electron chi connectivity index (χ2n) is 9.35. The zero-order valence-electron chi connectivity index (χ0n) is 22.0. The molecule has 0 fully saturated rings. The third kappa shape index (κ3) is 6.05. The molecule has 0 N–H and O–H groups in total. The van der Waals surface area contributed by atoms with Crippen LogP contribution in [0, 0.1) is 23.7 Å².